The molecule has 2 rings (SSSR count). The molecule has 1 saturated heterocycles. The van der Waals surface area contributed by atoms with E-state index >= 15 is 0 Å². The molecule has 0 aromatic carbocycles. The minimum Gasteiger partial charge on any atom is -0.465 e. The molecule has 18 heavy (non-hydrogen) atoms. The summed E-state index contributed by atoms with van der Waals surface area (Å²) in [5, 5.41) is 3.51. The first-order valence-corrected chi connectivity index (χ1v) is 7.34. The standard InChI is InChI=1S/C14H26N2O2/c1-3-18-13(17)12(2)16-10-9-15-11-14(16)7-5-4-6-8-14/h12,15H,3-11H2,1-2H3. The van der Waals surface area contributed by atoms with Gasteiger partial charge in [0.2, 0.25) is 0 Å². The molecule has 1 spiro atoms. The average Bonchev–Trinajstić information content (AvgIpc) is 2.40. The van der Waals surface area contributed by atoms with Crippen molar-refractivity contribution in [2.75, 3.05) is 26.2 Å². The Morgan fingerprint density at radius 3 is 2.78 bits per heavy atom. The van der Waals surface area contributed by atoms with Crippen LogP contribution in [0.15, 0.2) is 0 Å². The van der Waals surface area contributed by atoms with Gasteiger partial charge in [0.15, 0.2) is 0 Å². The second-order valence-corrected chi connectivity index (χ2v) is 5.58. The highest BCUT2D eigenvalue weighted by Gasteiger charge is 2.43. The van der Waals surface area contributed by atoms with E-state index in [-0.39, 0.29) is 17.6 Å². The van der Waals surface area contributed by atoms with Crippen molar-refractivity contribution in [2.24, 2.45) is 0 Å². The van der Waals surface area contributed by atoms with E-state index in [0.717, 1.165) is 19.6 Å². The summed E-state index contributed by atoms with van der Waals surface area (Å²) in [7, 11) is 0. The minimum atomic E-state index is -0.106. The molecule has 0 amide bonds. The van der Waals surface area contributed by atoms with Crippen molar-refractivity contribution in [1.29, 1.82) is 0 Å². The molecule has 4 nitrogen and oxygen atoms in total. The van der Waals surface area contributed by atoms with E-state index in [9.17, 15) is 4.79 Å². The van der Waals surface area contributed by atoms with Gasteiger partial charge in [0.25, 0.3) is 0 Å². The maximum atomic E-state index is 12.0. The van der Waals surface area contributed by atoms with E-state index in [4.69, 9.17) is 4.74 Å². The molecule has 2 aliphatic rings. The monoisotopic (exact) mass is 254 g/mol. The highest BCUT2D eigenvalue weighted by molar-refractivity contribution is 5.75. The molecule has 104 valence electrons. The smallest absolute Gasteiger partial charge is 0.323 e. The zero-order chi connectivity index (χ0) is 13.0. The third-order valence-electron chi connectivity index (χ3n) is 4.47. The predicted molar refractivity (Wildman–Crippen MR) is 71.5 cm³/mol. The lowest BCUT2D eigenvalue weighted by molar-refractivity contribution is -0.153. The zero-order valence-corrected chi connectivity index (χ0v) is 11.7. The van der Waals surface area contributed by atoms with Crippen LogP contribution in [0.25, 0.3) is 0 Å². The summed E-state index contributed by atoms with van der Waals surface area (Å²) in [4.78, 5) is 14.4. The lowest BCUT2D eigenvalue weighted by Gasteiger charge is -2.51. The Hall–Kier alpha value is -0.610. The van der Waals surface area contributed by atoms with Crippen molar-refractivity contribution in [3.8, 4) is 0 Å². The number of carbonyl (C=O) groups is 1. The fourth-order valence-corrected chi connectivity index (χ4v) is 3.53. The van der Waals surface area contributed by atoms with Gasteiger partial charge in [-0.25, -0.2) is 0 Å². The molecule has 0 radical (unpaired) electrons. The molecule has 0 aromatic rings. The van der Waals surface area contributed by atoms with Gasteiger partial charge in [0.1, 0.15) is 6.04 Å². The molecular weight excluding hydrogens is 228 g/mol. The Morgan fingerprint density at radius 2 is 2.11 bits per heavy atom. The van der Waals surface area contributed by atoms with Gasteiger partial charge in [-0.2, -0.15) is 0 Å². The predicted octanol–water partition coefficient (Wildman–Crippen LogP) is 1.55. The number of rotatable bonds is 3. The quantitative estimate of drug-likeness (QED) is 0.776. The Bertz CT molecular complexity index is 279. The second-order valence-electron chi connectivity index (χ2n) is 5.58. The summed E-state index contributed by atoms with van der Waals surface area (Å²) in [6, 6.07) is -0.106. The molecule has 1 unspecified atom stereocenters. The van der Waals surface area contributed by atoms with Crippen LogP contribution >= 0.6 is 0 Å². The van der Waals surface area contributed by atoms with Gasteiger partial charge >= 0.3 is 5.97 Å². The van der Waals surface area contributed by atoms with Crippen molar-refractivity contribution in [2.45, 2.75) is 57.5 Å². The molecule has 0 aromatic heterocycles. The van der Waals surface area contributed by atoms with Crippen LogP contribution in [0.3, 0.4) is 0 Å². The molecule has 1 atom stereocenters. The van der Waals surface area contributed by atoms with Crippen LogP contribution in [0, 0.1) is 0 Å². The summed E-state index contributed by atoms with van der Waals surface area (Å²) in [5.74, 6) is -0.0654. The minimum absolute atomic E-state index is 0.0654. The summed E-state index contributed by atoms with van der Waals surface area (Å²) >= 11 is 0. The van der Waals surface area contributed by atoms with Crippen LogP contribution in [0.1, 0.15) is 46.0 Å². The number of esters is 1. The molecule has 2 fully saturated rings. The molecule has 1 heterocycles. The molecule has 1 aliphatic heterocycles. The number of hydrogen-bond donors (Lipinski definition) is 1. The van der Waals surface area contributed by atoms with Crippen molar-refractivity contribution in [3.63, 3.8) is 0 Å². The Kier molecular flexibility index (Phi) is 4.62. The third-order valence-corrected chi connectivity index (χ3v) is 4.47. The van der Waals surface area contributed by atoms with Gasteiger partial charge in [-0.1, -0.05) is 19.3 Å². The first kappa shape index (κ1) is 13.8. The van der Waals surface area contributed by atoms with Gasteiger partial charge in [-0.15, -0.1) is 0 Å². The van der Waals surface area contributed by atoms with Crippen molar-refractivity contribution >= 4 is 5.97 Å². The lowest BCUT2D eigenvalue weighted by atomic mass is 9.78. The first-order valence-electron chi connectivity index (χ1n) is 7.34. The molecule has 4 heteroatoms. The van der Waals surface area contributed by atoms with Crippen molar-refractivity contribution in [3.05, 3.63) is 0 Å². The summed E-state index contributed by atoms with van der Waals surface area (Å²) in [5.41, 5.74) is 0.197. The van der Waals surface area contributed by atoms with E-state index < -0.39 is 0 Å². The normalized spacial score (nSPS) is 25.9. The zero-order valence-electron chi connectivity index (χ0n) is 11.7. The number of carbonyl (C=O) groups excluding carboxylic acids is 1. The van der Waals surface area contributed by atoms with Crippen LogP contribution in [-0.4, -0.2) is 48.7 Å². The van der Waals surface area contributed by atoms with E-state index in [0.29, 0.717) is 6.61 Å². The molecule has 1 saturated carbocycles. The molecule has 1 N–H and O–H groups in total. The van der Waals surface area contributed by atoms with Crippen molar-refractivity contribution < 1.29 is 9.53 Å². The largest absolute Gasteiger partial charge is 0.465 e. The van der Waals surface area contributed by atoms with Gasteiger partial charge in [0, 0.05) is 25.2 Å². The Labute approximate surface area is 110 Å². The van der Waals surface area contributed by atoms with Crippen LogP contribution in [0.5, 0.6) is 0 Å². The van der Waals surface area contributed by atoms with E-state index in [1.54, 1.807) is 0 Å². The van der Waals surface area contributed by atoms with Crippen LogP contribution in [-0.2, 0) is 9.53 Å². The summed E-state index contributed by atoms with van der Waals surface area (Å²) < 4.78 is 5.19. The first-order chi connectivity index (χ1) is 8.69. The van der Waals surface area contributed by atoms with Gasteiger partial charge < -0.3 is 10.1 Å². The second kappa shape index (κ2) is 6.02. The van der Waals surface area contributed by atoms with Crippen LogP contribution in [0.4, 0.5) is 0 Å². The van der Waals surface area contributed by atoms with Gasteiger partial charge in [-0.3, -0.25) is 9.69 Å². The SMILES string of the molecule is CCOC(=O)C(C)N1CCNCC12CCCCC2. The number of nitrogens with one attached hydrogen (secondary N) is 1. The van der Waals surface area contributed by atoms with E-state index in [2.05, 4.69) is 10.2 Å². The summed E-state index contributed by atoms with van der Waals surface area (Å²) in [6.45, 7) is 7.31. The molecular formula is C14H26N2O2. The number of hydrogen-bond acceptors (Lipinski definition) is 4. The maximum absolute atomic E-state index is 12.0. The highest BCUT2D eigenvalue weighted by atomic mass is 16.5. The fourth-order valence-electron chi connectivity index (χ4n) is 3.53. The Balaban J connectivity index is 2.09. The highest BCUT2D eigenvalue weighted by Crippen LogP contribution is 2.35. The van der Waals surface area contributed by atoms with Gasteiger partial charge in [0.05, 0.1) is 6.61 Å². The maximum Gasteiger partial charge on any atom is 0.323 e. The number of nitrogens with zero attached hydrogens (tertiary/aromatic N) is 1. The van der Waals surface area contributed by atoms with Gasteiger partial charge in [-0.05, 0) is 26.7 Å². The van der Waals surface area contributed by atoms with E-state index in [1.807, 2.05) is 13.8 Å². The van der Waals surface area contributed by atoms with E-state index in [1.165, 1.54) is 32.1 Å². The average molecular weight is 254 g/mol. The Morgan fingerprint density at radius 1 is 1.39 bits per heavy atom. The molecule has 0 bridgehead atoms. The fraction of sp³-hybridized carbons (Fsp3) is 0.929. The van der Waals surface area contributed by atoms with Crippen LogP contribution in [0.2, 0.25) is 0 Å². The number of piperazine rings is 1. The molecule has 1 aliphatic carbocycles. The third kappa shape index (κ3) is 2.69. The number of ether oxygens (including phenoxy) is 1. The van der Waals surface area contributed by atoms with Crippen LogP contribution < -0.4 is 5.32 Å². The topological polar surface area (TPSA) is 41.6 Å². The summed E-state index contributed by atoms with van der Waals surface area (Å²) in [6.07, 6.45) is 6.33. The van der Waals surface area contributed by atoms with Crippen molar-refractivity contribution in [1.82, 2.24) is 10.2 Å². The lowest BCUT2D eigenvalue weighted by Crippen LogP contribution is -2.65.